The first-order chi connectivity index (χ1) is 6.66. The number of hydrogen-bond acceptors (Lipinski definition) is 2. The number of thioether (sulfide) groups is 1. The van der Waals surface area contributed by atoms with Gasteiger partial charge in [0.15, 0.2) is 0 Å². The molecule has 2 aliphatic rings. The van der Waals surface area contributed by atoms with E-state index in [0.29, 0.717) is 12.5 Å². The predicted octanol–water partition coefficient (Wildman–Crippen LogP) is 2.66. The molecule has 1 saturated heterocycles. The van der Waals surface area contributed by atoms with Gasteiger partial charge in [-0.25, -0.2) is 8.78 Å². The van der Waals surface area contributed by atoms with Crippen LogP contribution >= 0.6 is 11.8 Å². The smallest absolute Gasteiger partial charge is 0.249 e. The minimum Gasteiger partial charge on any atom is -0.310 e. The fourth-order valence-electron chi connectivity index (χ4n) is 2.31. The van der Waals surface area contributed by atoms with Gasteiger partial charge >= 0.3 is 0 Å². The fraction of sp³-hybridized carbons (Fsp3) is 1.00. The SMILES string of the molecule is FC1(F)CCC[C@H](N[C@@H]2CCSC2)C1. The second-order valence-corrected chi connectivity index (χ2v) is 5.53. The topological polar surface area (TPSA) is 12.0 Å². The van der Waals surface area contributed by atoms with Gasteiger partial charge in [0, 0.05) is 30.7 Å². The number of rotatable bonds is 2. The van der Waals surface area contributed by atoms with Crippen LogP contribution in [0.1, 0.15) is 32.1 Å². The summed E-state index contributed by atoms with van der Waals surface area (Å²) in [7, 11) is 0. The molecule has 0 spiro atoms. The summed E-state index contributed by atoms with van der Waals surface area (Å²) in [4.78, 5) is 0. The Morgan fingerprint density at radius 2 is 2.07 bits per heavy atom. The zero-order valence-electron chi connectivity index (χ0n) is 8.27. The molecule has 1 nitrogen and oxygen atoms in total. The molecule has 0 aromatic rings. The molecular weight excluding hydrogens is 204 g/mol. The second-order valence-electron chi connectivity index (χ2n) is 4.38. The third-order valence-electron chi connectivity index (χ3n) is 3.04. The van der Waals surface area contributed by atoms with Gasteiger partial charge in [0.05, 0.1) is 0 Å². The van der Waals surface area contributed by atoms with E-state index in [1.165, 1.54) is 5.75 Å². The Labute approximate surface area is 88.0 Å². The van der Waals surface area contributed by atoms with E-state index < -0.39 is 5.92 Å². The fourth-order valence-corrected chi connectivity index (χ4v) is 3.48. The van der Waals surface area contributed by atoms with Crippen LogP contribution in [-0.2, 0) is 0 Å². The maximum atomic E-state index is 13.1. The Bertz CT molecular complexity index is 193. The van der Waals surface area contributed by atoms with Crippen LogP contribution in [0.3, 0.4) is 0 Å². The van der Waals surface area contributed by atoms with Crippen LogP contribution in [-0.4, -0.2) is 29.5 Å². The first-order valence-corrected chi connectivity index (χ1v) is 6.53. The molecule has 0 aromatic heterocycles. The van der Waals surface area contributed by atoms with E-state index >= 15 is 0 Å². The highest BCUT2D eigenvalue weighted by atomic mass is 32.2. The summed E-state index contributed by atoms with van der Waals surface area (Å²) in [6, 6.07) is 0.543. The Morgan fingerprint density at radius 1 is 1.21 bits per heavy atom. The Balaban J connectivity index is 1.79. The first-order valence-electron chi connectivity index (χ1n) is 5.37. The minimum absolute atomic E-state index is 0.0498. The van der Waals surface area contributed by atoms with Gasteiger partial charge in [0.2, 0.25) is 5.92 Å². The van der Waals surface area contributed by atoms with E-state index in [1.54, 1.807) is 0 Å². The van der Waals surface area contributed by atoms with E-state index in [2.05, 4.69) is 5.32 Å². The lowest BCUT2D eigenvalue weighted by atomic mass is 9.91. The maximum Gasteiger partial charge on any atom is 0.249 e. The summed E-state index contributed by atoms with van der Waals surface area (Å²) >= 11 is 1.92. The van der Waals surface area contributed by atoms with Crippen molar-refractivity contribution in [3.63, 3.8) is 0 Å². The van der Waals surface area contributed by atoms with Crippen molar-refractivity contribution in [1.82, 2.24) is 5.32 Å². The van der Waals surface area contributed by atoms with E-state index in [9.17, 15) is 8.78 Å². The molecule has 0 amide bonds. The van der Waals surface area contributed by atoms with Gasteiger partial charge in [-0.1, -0.05) is 0 Å². The molecule has 14 heavy (non-hydrogen) atoms. The normalized spacial score (nSPS) is 37.3. The van der Waals surface area contributed by atoms with Crippen molar-refractivity contribution in [1.29, 1.82) is 0 Å². The van der Waals surface area contributed by atoms with Gasteiger partial charge in [0.25, 0.3) is 0 Å². The standard InChI is InChI=1S/C10H17F2NS/c11-10(12)4-1-2-8(6-10)13-9-3-5-14-7-9/h8-9,13H,1-7H2/t8-,9+/m0/s1. The summed E-state index contributed by atoms with van der Waals surface area (Å²) in [6.45, 7) is 0. The summed E-state index contributed by atoms with van der Waals surface area (Å²) in [6.07, 6.45) is 2.88. The zero-order chi connectivity index (χ0) is 10.0. The van der Waals surface area contributed by atoms with Crippen LogP contribution in [0.15, 0.2) is 0 Å². The van der Waals surface area contributed by atoms with Crippen LogP contribution in [0, 0.1) is 0 Å². The summed E-state index contributed by atoms with van der Waals surface area (Å²) in [5.74, 6) is -0.134. The molecule has 2 atom stereocenters. The Morgan fingerprint density at radius 3 is 2.71 bits per heavy atom. The van der Waals surface area contributed by atoms with Gasteiger partial charge in [-0.2, -0.15) is 11.8 Å². The monoisotopic (exact) mass is 221 g/mol. The van der Waals surface area contributed by atoms with Crippen molar-refractivity contribution in [2.45, 2.75) is 50.1 Å². The highest BCUT2D eigenvalue weighted by Crippen LogP contribution is 2.33. The lowest BCUT2D eigenvalue weighted by molar-refractivity contribution is -0.0449. The highest BCUT2D eigenvalue weighted by Gasteiger charge is 2.36. The van der Waals surface area contributed by atoms with Crippen molar-refractivity contribution in [3.8, 4) is 0 Å². The Kier molecular flexibility index (Phi) is 3.32. The van der Waals surface area contributed by atoms with E-state index in [-0.39, 0.29) is 18.9 Å². The molecule has 0 aromatic carbocycles. The molecule has 1 heterocycles. The molecule has 82 valence electrons. The van der Waals surface area contributed by atoms with Gasteiger partial charge < -0.3 is 5.32 Å². The molecule has 2 fully saturated rings. The predicted molar refractivity (Wildman–Crippen MR) is 56.1 cm³/mol. The molecule has 1 aliphatic heterocycles. The number of alkyl halides is 2. The van der Waals surface area contributed by atoms with Crippen LogP contribution in [0.2, 0.25) is 0 Å². The van der Waals surface area contributed by atoms with Crippen LogP contribution < -0.4 is 5.32 Å². The van der Waals surface area contributed by atoms with Crippen molar-refractivity contribution in [2.75, 3.05) is 11.5 Å². The summed E-state index contributed by atoms with van der Waals surface area (Å²) in [5, 5.41) is 3.37. The average Bonchev–Trinajstić information content (AvgIpc) is 2.54. The van der Waals surface area contributed by atoms with Gasteiger partial charge in [-0.15, -0.1) is 0 Å². The molecule has 2 rings (SSSR count). The number of nitrogens with one attached hydrogen (secondary N) is 1. The average molecular weight is 221 g/mol. The van der Waals surface area contributed by atoms with Gasteiger partial charge in [-0.3, -0.25) is 0 Å². The molecule has 1 N–H and O–H groups in total. The van der Waals surface area contributed by atoms with Crippen LogP contribution in [0.5, 0.6) is 0 Å². The quantitative estimate of drug-likeness (QED) is 0.769. The summed E-state index contributed by atoms with van der Waals surface area (Å²) < 4.78 is 26.2. The molecule has 0 radical (unpaired) electrons. The third-order valence-corrected chi connectivity index (χ3v) is 4.20. The Hall–Kier alpha value is 0.170. The maximum absolute atomic E-state index is 13.1. The third kappa shape index (κ3) is 2.83. The zero-order valence-corrected chi connectivity index (χ0v) is 9.09. The molecule has 1 saturated carbocycles. The van der Waals surface area contributed by atoms with E-state index in [1.807, 2.05) is 11.8 Å². The lowest BCUT2D eigenvalue weighted by Gasteiger charge is -2.31. The number of hydrogen-bond donors (Lipinski definition) is 1. The van der Waals surface area contributed by atoms with E-state index in [4.69, 9.17) is 0 Å². The van der Waals surface area contributed by atoms with Gasteiger partial charge in [0.1, 0.15) is 0 Å². The second kappa shape index (κ2) is 4.35. The molecular formula is C10H17F2NS. The van der Waals surface area contributed by atoms with Gasteiger partial charge in [-0.05, 0) is 25.0 Å². The van der Waals surface area contributed by atoms with Crippen LogP contribution in [0.25, 0.3) is 0 Å². The molecule has 1 aliphatic carbocycles. The molecule has 0 unspecified atom stereocenters. The molecule has 4 heteroatoms. The van der Waals surface area contributed by atoms with Crippen LogP contribution in [0.4, 0.5) is 8.78 Å². The first kappa shape index (κ1) is 10.7. The molecule has 0 bridgehead atoms. The van der Waals surface area contributed by atoms with Crippen molar-refractivity contribution >= 4 is 11.8 Å². The van der Waals surface area contributed by atoms with Crippen molar-refractivity contribution in [3.05, 3.63) is 0 Å². The lowest BCUT2D eigenvalue weighted by Crippen LogP contribution is -2.44. The highest BCUT2D eigenvalue weighted by molar-refractivity contribution is 7.99. The minimum atomic E-state index is -2.42. The largest absolute Gasteiger partial charge is 0.310 e. The van der Waals surface area contributed by atoms with Crippen molar-refractivity contribution < 1.29 is 8.78 Å². The number of halogens is 2. The van der Waals surface area contributed by atoms with E-state index in [0.717, 1.165) is 18.6 Å². The summed E-state index contributed by atoms with van der Waals surface area (Å²) in [5.41, 5.74) is 0. The van der Waals surface area contributed by atoms with Crippen molar-refractivity contribution in [2.24, 2.45) is 0 Å².